The molecule has 6 heterocycles. The van der Waals surface area contributed by atoms with E-state index < -0.39 is 188 Å². The Balaban J connectivity index is 0.00000491. The van der Waals surface area contributed by atoms with Gasteiger partial charge in [0.25, 0.3) is 0 Å². The summed E-state index contributed by atoms with van der Waals surface area (Å²) in [7, 11) is -8.55. The summed E-state index contributed by atoms with van der Waals surface area (Å²) < 4.78 is 88.4. The van der Waals surface area contributed by atoms with E-state index in [0.717, 1.165) is 5.92 Å². The van der Waals surface area contributed by atoms with Crippen LogP contribution in [0.2, 0.25) is 0 Å². The van der Waals surface area contributed by atoms with Crippen molar-refractivity contribution in [2.75, 3.05) is 86.2 Å². The lowest BCUT2D eigenvalue weighted by atomic mass is 9.92. The monoisotopic (exact) mass is 1350 g/mol. The quantitative estimate of drug-likeness (QED) is 0.0346. The van der Waals surface area contributed by atoms with Crippen molar-refractivity contribution in [1.82, 2.24) is 14.7 Å². The molecule has 0 aromatic carbocycles. The lowest BCUT2D eigenvalue weighted by Crippen LogP contribution is -2.55. The topological polar surface area (TPSA) is 439 Å². The Hall–Kier alpha value is -2.05. The lowest BCUT2D eigenvalue weighted by Gasteiger charge is -2.40. The van der Waals surface area contributed by atoms with E-state index in [-0.39, 0.29) is 139 Å². The normalized spacial score (nSPS) is 35.6. The van der Waals surface area contributed by atoms with Crippen LogP contribution >= 0.6 is 15.6 Å². The van der Waals surface area contributed by atoms with Crippen molar-refractivity contribution in [3.05, 3.63) is 0 Å². The summed E-state index contributed by atoms with van der Waals surface area (Å²) in [5, 5.41) is 101. The summed E-state index contributed by atoms with van der Waals surface area (Å²) >= 11 is 0. The lowest BCUT2D eigenvalue weighted by molar-refractivity contribution is -0.282. The van der Waals surface area contributed by atoms with Gasteiger partial charge in [-0.25, -0.2) is 9.13 Å². The van der Waals surface area contributed by atoms with Crippen molar-refractivity contribution in [2.45, 2.75) is 239 Å². The third-order valence-corrected chi connectivity index (χ3v) is 18.0. The number of carbonyl (C=O) groups excluding carboxylic acids is 3. The molecule has 8 unspecified atom stereocenters. The highest BCUT2D eigenvalue weighted by Gasteiger charge is 2.47. The summed E-state index contributed by atoms with van der Waals surface area (Å²) in [6.07, 6.45) is -17.1. The van der Waals surface area contributed by atoms with E-state index in [2.05, 4.69) is 20.8 Å². The van der Waals surface area contributed by atoms with Gasteiger partial charge in [-0.2, -0.15) is 0 Å². The molecule has 33 heteroatoms. The predicted molar refractivity (Wildman–Crippen MR) is 323 cm³/mol. The second-order valence-corrected chi connectivity index (χ2v) is 26.6. The molecule has 6 fully saturated rings. The minimum absolute atomic E-state index is 0. The first-order valence-corrected chi connectivity index (χ1v) is 32.6. The molecule has 0 saturated carbocycles. The molecule has 3 amide bonds. The minimum Gasteiger partial charge on any atom is -0.394 e. The predicted octanol–water partition coefficient (Wildman–Crippen LogP) is 0.623. The van der Waals surface area contributed by atoms with E-state index >= 15 is 0 Å². The number of aliphatic hydroxyl groups excluding tert-OH is 10. The number of hydrogen-bond acceptors (Lipinski definition) is 26. The van der Waals surface area contributed by atoms with E-state index in [1.807, 2.05) is 0 Å². The number of likely N-dealkylation sites (tertiary alicyclic amines) is 3. The van der Waals surface area contributed by atoms with Crippen LogP contribution in [0.3, 0.4) is 0 Å². The number of nitrogens with zero attached hydrogens (tertiary/aromatic N) is 3. The van der Waals surface area contributed by atoms with Crippen LogP contribution in [0, 0.1) is 23.7 Å². The second kappa shape index (κ2) is 40.5. The van der Waals surface area contributed by atoms with Gasteiger partial charge >= 0.3 is 15.6 Å². The van der Waals surface area contributed by atoms with Crippen LogP contribution in [0.4, 0.5) is 0 Å². The molecule has 0 aromatic heterocycles. The molecule has 534 valence electrons. The molecule has 6 aliphatic heterocycles. The number of phosphoric acid groups is 2. The van der Waals surface area contributed by atoms with Crippen molar-refractivity contribution < 1.29 is 136 Å². The van der Waals surface area contributed by atoms with Crippen molar-refractivity contribution in [1.29, 1.82) is 0 Å². The number of phosphoric ester groups is 2. The van der Waals surface area contributed by atoms with Gasteiger partial charge < -0.3 is 109 Å². The van der Waals surface area contributed by atoms with E-state index in [9.17, 15) is 84.4 Å². The first-order valence-electron chi connectivity index (χ1n) is 29.6. The summed E-state index contributed by atoms with van der Waals surface area (Å²) in [5.41, 5.74) is 0. The molecule has 23 atom stereocenters. The average Bonchev–Trinajstić information content (AvgIpc) is 1.18. The second-order valence-electron chi connectivity index (χ2n) is 23.8. The van der Waals surface area contributed by atoms with Crippen LogP contribution in [0.1, 0.15) is 129 Å². The van der Waals surface area contributed by atoms with Crippen LogP contribution in [0.5, 0.6) is 0 Å². The number of rotatable bonds is 30. The van der Waals surface area contributed by atoms with Crippen LogP contribution in [-0.4, -0.2) is 290 Å². The Morgan fingerprint density at radius 1 is 0.489 bits per heavy atom. The largest absolute Gasteiger partial charge is 0.472 e. The molecule has 6 rings (SSSR count). The van der Waals surface area contributed by atoms with Gasteiger partial charge in [0, 0.05) is 63.8 Å². The van der Waals surface area contributed by atoms with Crippen molar-refractivity contribution in [2.24, 2.45) is 23.7 Å². The van der Waals surface area contributed by atoms with Gasteiger partial charge in [-0.1, -0.05) is 71.2 Å². The summed E-state index contributed by atoms with van der Waals surface area (Å²) in [6.45, 7) is 7.81. The molecule has 6 aliphatic rings. The Bertz CT molecular complexity index is 2160. The molecule has 90 heavy (non-hydrogen) atoms. The molecule has 0 radical (unpaired) electrons. The van der Waals surface area contributed by atoms with Crippen LogP contribution in [-0.2, 0) is 74.8 Å². The third kappa shape index (κ3) is 24.9. The molecule has 6 saturated heterocycles. The Morgan fingerprint density at radius 2 is 0.778 bits per heavy atom. The molecule has 0 bridgehead atoms. The molecule has 12 N–H and O–H groups in total. The zero-order valence-corrected chi connectivity index (χ0v) is 52.0. The van der Waals surface area contributed by atoms with Gasteiger partial charge in [0.15, 0.2) is 18.9 Å². The van der Waals surface area contributed by atoms with Crippen LogP contribution in [0.15, 0.2) is 0 Å². The number of amides is 3. The molecule has 0 aliphatic carbocycles. The third-order valence-electron chi connectivity index (χ3n) is 15.9. The number of aliphatic hydroxyl groups is 10. The van der Waals surface area contributed by atoms with E-state index in [0.29, 0.717) is 0 Å². The molecular formula is C57H113N3O28P2. The number of β-amino-alcohol motifs (C(OH)–C–C–N with tert-alkyl or cyclic N) is 1. The average molecular weight is 1350 g/mol. The standard InChI is InChI=1S/C49H87N3O28P2.C4H10.4CH4/c1-26-41(60)44(63)35(20-53)76-47(26)71-11-5-8-38(57)50-17-32(56)14-29(50)24-74-81(66,67)80-34-16-31(52(19-34)40(59)10-7-13-73-49-28(3)43(62)46(65)37(22-55)78-49)25-75-82(68,69)79-33-15-30(23-70-4)51(18-33)39(58)9-6-12-72-48-27(2)42(61)45(64)36(21-54)77-48;1-4(2)3;;;;/h26-37,41-49,53-56,60-65H,5-25H2,1-4H3,(H,66,67)(H,68,69);4H,1-3H3;4*1H4/t26?,27?,28?,29-,30-,31-,32+,33+,34+,35?,36?,37?,41+,42+,43+,44-,45-,46-,47+,48+,49+;;;;;/m0...../s1. The van der Waals surface area contributed by atoms with Gasteiger partial charge in [0.2, 0.25) is 17.7 Å². The summed E-state index contributed by atoms with van der Waals surface area (Å²) in [6, 6.07) is -2.48. The van der Waals surface area contributed by atoms with Crippen LogP contribution in [0.25, 0.3) is 0 Å². The van der Waals surface area contributed by atoms with Crippen molar-refractivity contribution in [3.8, 4) is 0 Å². The van der Waals surface area contributed by atoms with Gasteiger partial charge in [-0.05, 0) is 44.4 Å². The van der Waals surface area contributed by atoms with E-state index in [1.165, 1.54) is 21.8 Å². The molecule has 0 aromatic rings. The fraction of sp³-hybridized carbons (Fsp3) is 0.947. The van der Waals surface area contributed by atoms with E-state index in [1.54, 1.807) is 20.8 Å². The van der Waals surface area contributed by atoms with Gasteiger partial charge in [-0.15, -0.1) is 0 Å². The minimum atomic E-state index is -5.00. The van der Waals surface area contributed by atoms with Gasteiger partial charge in [0.1, 0.15) is 36.6 Å². The Kier molecular flexibility index (Phi) is 38.7. The van der Waals surface area contributed by atoms with Gasteiger partial charge in [0.05, 0.1) is 114 Å². The number of methoxy groups -OCH3 is 1. The maximum Gasteiger partial charge on any atom is 0.472 e. The maximum absolute atomic E-state index is 13.9. The molecule has 0 spiro atoms. The zero-order chi connectivity index (χ0) is 63.8. The first-order chi connectivity index (χ1) is 40.5. The summed E-state index contributed by atoms with van der Waals surface area (Å²) in [4.78, 5) is 66.7. The molecular weight excluding hydrogens is 1240 g/mol. The number of hydrogen-bond donors (Lipinski definition) is 12. The Morgan fingerprint density at radius 3 is 1.08 bits per heavy atom. The zero-order valence-electron chi connectivity index (χ0n) is 50.2. The maximum atomic E-state index is 13.9. The summed E-state index contributed by atoms with van der Waals surface area (Å²) in [5.74, 6) is -2.50. The number of carbonyl (C=O) groups is 3. The smallest absolute Gasteiger partial charge is 0.394 e. The van der Waals surface area contributed by atoms with Crippen molar-refractivity contribution in [3.63, 3.8) is 0 Å². The van der Waals surface area contributed by atoms with Crippen molar-refractivity contribution >= 4 is 33.4 Å². The SMILES string of the molecule is C.C.C.C.CC(C)C.COC[C@@H]1C[C@@H](OP(=O)(O)OC[C@@H]2C[C@@H](OP(=O)(O)OC[C@@H]3C[C@@H](O)CN3C(=O)CCCO[C@@H]3OC(CO)[C@H](O)[C@H](O)C3C)CN2C(=O)CCCO[C@@H]2OC(CO)[C@H](O)[C@H](O)C2C)CN1C(=O)CCCO[C@@H]1OC(CO)[C@H](O)[C@H](O)C1C. The fourth-order valence-electron chi connectivity index (χ4n) is 11.1. The van der Waals surface area contributed by atoms with E-state index in [4.69, 9.17) is 51.3 Å². The first kappa shape index (κ1) is 86.0. The highest BCUT2D eigenvalue weighted by Crippen LogP contribution is 2.50. The number of ether oxygens (including phenoxy) is 7. The van der Waals surface area contributed by atoms with Gasteiger partial charge in [-0.3, -0.25) is 32.5 Å². The Labute approximate surface area is 531 Å². The highest BCUT2D eigenvalue weighted by molar-refractivity contribution is 7.47. The fourth-order valence-corrected chi connectivity index (χ4v) is 13.0. The van der Waals surface area contributed by atoms with Crippen LogP contribution < -0.4 is 0 Å². The molecule has 31 nitrogen and oxygen atoms in total. The highest BCUT2D eigenvalue weighted by atomic mass is 31.2.